The van der Waals surface area contributed by atoms with Crippen LogP contribution in [0.4, 0.5) is 0 Å². The van der Waals surface area contributed by atoms with Crippen LogP contribution in [0.3, 0.4) is 0 Å². The Labute approximate surface area is 90.3 Å². The molecule has 5 nitrogen and oxygen atoms in total. The SMILES string of the molecule is O=S(=O)(O)O.[Fe].[Na+].[O-]Cl. The van der Waals surface area contributed by atoms with Gasteiger partial charge in [-0.25, -0.2) is 11.9 Å². The second kappa shape index (κ2) is 12.3. The smallest absolute Gasteiger partial charge is 0.769 e. The van der Waals surface area contributed by atoms with Gasteiger partial charge in [-0.15, -0.1) is 0 Å². The molecule has 0 radical (unpaired) electrons. The van der Waals surface area contributed by atoms with Crippen molar-refractivity contribution in [2.24, 2.45) is 0 Å². The molecule has 0 amide bonds. The Hall–Kier alpha value is 1.64. The third-order valence-electron chi connectivity index (χ3n) is 0. The van der Waals surface area contributed by atoms with Crippen molar-refractivity contribution >= 4 is 22.3 Å². The van der Waals surface area contributed by atoms with E-state index in [4.69, 9.17) is 22.2 Å². The van der Waals surface area contributed by atoms with E-state index in [0.29, 0.717) is 0 Å². The number of hydrogen-bond acceptors (Lipinski definition) is 3. The van der Waals surface area contributed by atoms with Crippen molar-refractivity contribution in [2.45, 2.75) is 0 Å². The van der Waals surface area contributed by atoms with Gasteiger partial charge in [0.2, 0.25) is 0 Å². The first kappa shape index (κ1) is 22.4. The van der Waals surface area contributed by atoms with Crippen LogP contribution in [0.25, 0.3) is 0 Å². The first-order valence-electron chi connectivity index (χ1n) is 0.853. The van der Waals surface area contributed by atoms with Crippen molar-refractivity contribution in [3.63, 3.8) is 0 Å². The monoisotopic (exact) mass is 228 g/mol. The van der Waals surface area contributed by atoms with Gasteiger partial charge >= 0.3 is 40.0 Å². The maximum atomic E-state index is 8.74. The largest absolute Gasteiger partial charge is 1.00 e. The summed E-state index contributed by atoms with van der Waals surface area (Å²) in [7, 11) is -4.67. The maximum Gasteiger partial charge on any atom is 1.00 e. The Morgan fingerprint density at radius 1 is 1.22 bits per heavy atom. The minimum absolute atomic E-state index is 0. The van der Waals surface area contributed by atoms with Crippen LogP contribution in [0, 0.1) is 0 Å². The summed E-state index contributed by atoms with van der Waals surface area (Å²) in [5, 5.41) is 0. The van der Waals surface area contributed by atoms with Crippen LogP contribution in [0.1, 0.15) is 0 Å². The molecule has 0 fully saturated rings. The van der Waals surface area contributed by atoms with Gasteiger partial charge in [0.1, 0.15) is 0 Å². The molecule has 0 atom stereocenters. The van der Waals surface area contributed by atoms with Gasteiger partial charge in [0.25, 0.3) is 0 Å². The van der Waals surface area contributed by atoms with Gasteiger partial charge in [0.15, 0.2) is 0 Å². The quantitative estimate of drug-likeness (QED) is 0.324. The third kappa shape index (κ3) is 209. The van der Waals surface area contributed by atoms with E-state index in [-0.39, 0.29) is 46.6 Å². The predicted octanol–water partition coefficient (Wildman–Crippen LogP) is -4.15. The summed E-state index contributed by atoms with van der Waals surface area (Å²) < 4.78 is 39.3. The van der Waals surface area contributed by atoms with Crippen molar-refractivity contribution in [1.29, 1.82) is 0 Å². The number of rotatable bonds is 0. The van der Waals surface area contributed by atoms with E-state index < -0.39 is 10.4 Å². The van der Waals surface area contributed by atoms with E-state index in [1.54, 1.807) is 0 Å². The fourth-order valence-corrected chi connectivity index (χ4v) is 0. The van der Waals surface area contributed by atoms with Gasteiger partial charge < -0.3 is 4.66 Å². The molecule has 9 heavy (non-hydrogen) atoms. The van der Waals surface area contributed by atoms with E-state index in [1.807, 2.05) is 0 Å². The Kier molecular flexibility index (Phi) is 30.7. The van der Waals surface area contributed by atoms with E-state index in [1.165, 1.54) is 0 Å². The van der Waals surface area contributed by atoms with Crippen LogP contribution in [0.15, 0.2) is 0 Å². The molecule has 0 rings (SSSR count). The zero-order chi connectivity index (χ0) is 6.50. The summed E-state index contributed by atoms with van der Waals surface area (Å²) in [6.45, 7) is 0. The molecule has 9 heteroatoms. The molecule has 0 aliphatic carbocycles. The number of hydrogen-bond donors (Lipinski definition) is 2. The molecule has 0 aliphatic heterocycles. The van der Waals surface area contributed by atoms with Crippen molar-refractivity contribution in [1.82, 2.24) is 0 Å². The average Bonchev–Trinajstić information content (AvgIpc) is 1.36. The Balaban J connectivity index is -0.0000000286. The first-order chi connectivity index (χ1) is 3.00. The van der Waals surface area contributed by atoms with Crippen LogP contribution in [-0.4, -0.2) is 17.5 Å². The third-order valence-corrected chi connectivity index (χ3v) is 0. The Morgan fingerprint density at radius 2 is 1.22 bits per heavy atom. The summed E-state index contributed by atoms with van der Waals surface area (Å²) >= 11 is 3.39. The molecule has 0 aliphatic rings. The molecule has 0 aromatic rings. The maximum absolute atomic E-state index is 8.74. The van der Waals surface area contributed by atoms with E-state index in [2.05, 4.69) is 11.9 Å². The summed E-state index contributed by atoms with van der Waals surface area (Å²) in [6, 6.07) is 0. The molecule has 0 unspecified atom stereocenters. The molecule has 0 aromatic heterocycles. The number of halogens is 1. The van der Waals surface area contributed by atoms with Gasteiger partial charge in [-0.1, -0.05) is 0 Å². The van der Waals surface area contributed by atoms with Crippen LogP contribution in [0.5, 0.6) is 0 Å². The van der Waals surface area contributed by atoms with Crippen LogP contribution >= 0.6 is 11.9 Å². The molecule has 0 aromatic carbocycles. The minimum Gasteiger partial charge on any atom is -0.769 e. The van der Waals surface area contributed by atoms with Crippen molar-refractivity contribution in [3.05, 3.63) is 0 Å². The van der Waals surface area contributed by atoms with E-state index in [0.717, 1.165) is 0 Å². The summed E-state index contributed by atoms with van der Waals surface area (Å²) in [5.41, 5.74) is 0. The fraction of sp³-hybridized carbons (Fsp3) is 0. The fourth-order valence-electron chi connectivity index (χ4n) is 0. The van der Waals surface area contributed by atoms with Crippen LogP contribution in [-0.2, 0) is 27.5 Å². The van der Waals surface area contributed by atoms with Gasteiger partial charge in [-0.05, 0) is 0 Å². The van der Waals surface area contributed by atoms with Crippen molar-refractivity contribution in [3.8, 4) is 0 Å². The minimum atomic E-state index is -4.67. The van der Waals surface area contributed by atoms with Gasteiger partial charge in [-0.3, -0.25) is 9.11 Å². The van der Waals surface area contributed by atoms with E-state index >= 15 is 0 Å². The zero-order valence-electron chi connectivity index (χ0n) is 4.26. The second-order valence-electron chi connectivity index (χ2n) is 0.448. The molecule has 0 bridgehead atoms. The molecular weight excluding hydrogens is 226 g/mol. The molecule has 2 N–H and O–H groups in total. The standard InChI is InChI=1S/ClO.Fe.Na.H2O4S/c1-2;;;1-5(2,3)4/h;;;(H2,1,2,3,4)/q-1;;+1;. The molecule has 0 heterocycles. The van der Waals surface area contributed by atoms with Crippen molar-refractivity contribution in [2.75, 3.05) is 0 Å². The normalized spacial score (nSPS) is 7.11. The van der Waals surface area contributed by atoms with Gasteiger partial charge in [0, 0.05) is 17.1 Å². The molecule has 0 spiro atoms. The Morgan fingerprint density at radius 3 is 1.22 bits per heavy atom. The summed E-state index contributed by atoms with van der Waals surface area (Å²) in [4.78, 5) is 0. The van der Waals surface area contributed by atoms with Gasteiger partial charge in [0.05, 0.1) is 0 Å². The van der Waals surface area contributed by atoms with Crippen LogP contribution in [0.2, 0.25) is 0 Å². The average molecular weight is 228 g/mol. The second-order valence-corrected chi connectivity index (χ2v) is 1.34. The molecule has 0 saturated carbocycles. The molecule has 54 valence electrons. The topological polar surface area (TPSA) is 97.7 Å². The van der Waals surface area contributed by atoms with Gasteiger partial charge in [-0.2, -0.15) is 8.42 Å². The zero-order valence-corrected chi connectivity index (χ0v) is 8.94. The predicted molar refractivity (Wildman–Crippen MR) is 20.0 cm³/mol. The summed E-state index contributed by atoms with van der Waals surface area (Å²) in [5.74, 6) is 0. The van der Waals surface area contributed by atoms with Crippen molar-refractivity contribution < 1.29 is 68.8 Å². The van der Waals surface area contributed by atoms with E-state index in [9.17, 15) is 0 Å². The molecular formula is H2ClFeNaO5S. The first-order valence-corrected chi connectivity index (χ1v) is 2.56. The van der Waals surface area contributed by atoms with Crippen LogP contribution < -0.4 is 34.2 Å². The molecule has 0 saturated heterocycles. The summed E-state index contributed by atoms with van der Waals surface area (Å²) in [6.07, 6.45) is 0. The Bertz CT molecular complexity index is 100.